The summed E-state index contributed by atoms with van der Waals surface area (Å²) < 4.78 is 8.74. The first-order chi connectivity index (χ1) is 16.1. The molecule has 33 heavy (non-hydrogen) atoms. The lowest BCUT2D eigenvalue weighted by Gasteiger charge is -2.11. The monoisotopic (exact) mass is 476 g/mol. The minimum absolute atomic E-state index is 0.0273. The van der Waals surface area contributed by atoms with E-state index < -0.39 is 0 Å². The molecule has 0 N–H and O–H groups in total. The first-order valence-corrected chi connectivity index (χ1v) is 12.6. The summed E-state index contributed by atoms with van der Waals surface area (Å²) in [6, 6.07) is 8.99. The van der Waals surface area contributed by atoms with E-state index in [9.17, 15) is 9.59 Å². The number of rotatable bonds is 5. The van der Waals surface area contributed by atoms with Gasteiger partial charge in [-0.15, -0.1) is 11.3 Å². The van der Waals surface area contributed by atoms with Crippen LogP contribution in [0.5, 0.6) is 0 Å². The van der Waals surface area contributed by atoms with Crippen molar-refractivity contribution < 1.29 is 4.42 Å². The molecule has 0 saturated heterocycles. The maximum Gasteiger partial charge on any atom is 0.263 e. The Bertz CT molecular complexity index is 1630. The Balaban J connectivity index is 1.42. The molecule has 0 fully saturated rings. The molecule has 5 heterocycles. The molecule has 9 heteroatoms. The van der Waals surface area contributed by atoms with Crippen LogP contribution in [0.3, 0.4) is 0 Å². The van der Waals surface area contributed by atoms with Crippen LogP contribution in [0.2, 0.25) is 0 Å². The van der Waals surface area contributed by atoms with Crippen LogP contribution in [0.15, 0.2) is 62.0 Å². The van der Waals surface area contributed by atoms with E-state index in [4.69, 9.17) is 9.40 Å². The minimum atomic E-state index is -0.123. The van der Waals surface area contributed by atoms with Crippen LogP contribution in [0.4, 0.5) is 0 Å². The Kier molecular flexibility index (Phi) is 4.95. The van der Waals surface area contributed by atoms with Gasteiger partial charge in [0.15, 0.2) is 5.16 Å². The number of furan rings is 1. The number of aromatic nitrogens is 4. The number of hydrogen-bond acceptors (Lipinski definition) is 7. The highest BCUT2D eigenvalue weighted by molar-refractivity contribution is 7.98. The van der Waals surface area contributed by atoms with E-state index in [1.807, 2.05) is 31.2 Å². The first-order valence-electron chi connectivity index (χ1n) is 10.8. The predicted molar refractivity (Wildman–Crippen MR) is 129 cm³/mol. The Hall–Kier alpha value is -3.17. The zero-order valence-electron chi connectivity index (χ0n) is 17.9. The van der Waals surface area contributed by atoms with Crippen molar-refractivity contribution in [2.45, 2.75) is 43.6 Å². The van der Waals surface area contributed by atoms with E-state index in [2.05, 4.69) is 4.98 Å². The first kappa shape index (κ1) is 20.4. The van der Waals surface area contributed by atoms with Gasteiger partial charge in [-0.05, 0) is 61.6 Å². The van der Waals surface area contributed by atoms with E-state index in [-0.39, 0.29) is 11.1 Å². The number of nitrogens with zero attached hydrogens (tertiary/aromatic N) is 4. The van der Waals surface area contributed by atoms with Crippen LogP contribution < -0.4 is 11.1 Å². The molecule has 0 amide bonds. The average molecular weight is 477 g/mol. The zero-order valence-corrected chi connectivity index (χ0v) is 19.5. The standard InChI is InChI=1S/C24H20N4O3S2/c1-14-7-8-27-19(10-14)25-15(11-20(27)29)13-32-24-26-22-21(17-5-2-6-18(17)33-22)23(30)28(24)12-16-4-3-9-31-16/h3-4,7-11H,2,5-6,12-13H2,1H3. The van der Waals surface area contributed by atoms with Gasteiger partial charge < -0.3 is 4.42 Å². The third-order valence-electron chi connectivity index (χ3n) is 5.91. The second-order valence-corrected chi connectivity index (χ2v) is 10.2. The molecule has 0 saturated carbocycles. The third kappa shape index (κ3) is 3.61. The van der Waals surface area contributed by atoms with Crippen LogP contribution >= 0.6 is 23.1 Å². The molecule has 0 radical (unpaired) electrons. The molecule has 0 unspecified atom stereocenters. The van der Waals surface area contributed by atoms with Gasteiger partial charge in [-0.25, -0.2) is 9.97 Å². The van der Waals surface area contributed by atoms with Crippen molar-refractivity contribution in [2.24, 2.45) is 0 Å². The van der Waals surface area contributed by atoms with Crippen molar-refractivity contribution in [3.63, 3.8) is 0 Å². The molecule has 7 nitrogen and oxygen atoms in total. The van der Waals surface area contributed by atoms with Gasteiger partial charge in [0, 0.05) is 22.9 Å². The average Bonchev–Trinajstić information content (AvgIpc) is 3.52. The fourth-order valence-corrected chi connectivity index (χ4v) is 6.53. The normalized spacial score (nSPS) is 13.2. The van der Waals surface area contributed by atoms with Gasteiger partial charge in [0.05, 0.1) is 23.9 Å². The highest BCUT2D eigenvalue weighted by Crippen LogP contribution is 2.36. The summed E-state index contributed by atoms with van der Waals surface area (Å²) in [4.78, 5) is 37.7. The van der Waals surface area contributed by atoms with Gasteiger partial charge in [0.2, 0.25) is 0 Å². The quantitative estimate of drug-likeness (QED) is 0.279. The van der Waals surface area contributed by atoms with E-state index in [1.165, 1.54) is 21.0 Å². The fraction of sp³-hybridized carbons (Fsp3) is 0.250. The molecule has 0 aliphatic heterocycles. The summed E-state index contributed by atoms with van der Waals surface area (Å²) >= 11 is 3.05. The minimum Gasteiger partial charge on any atom is -0.467 e. The fourth-order valence-electron chi connectivity index (χ4n) is 4.33. The maximum absolute atomic E-state index is 13.6. The SMILES string of the molecule is Cc1ccn2c(=O)cc(CSc3nc4sc5c(c4c(=O)n3Cc3ccco3)CCC5)nc2c1. The number of thioether (sulfide) groups is 1. The lowest BCUT2D eigenvalue weighted by Crippen LogP contribution is -2.24. The molecular formula is C24H20N4O3S2. The molecule has 5 aromatic rings. The molecule has 5 aromatic heterocycles. The summed E-state index contributed by atoms with van der Waals surface area (Å²) in [5, 5.41) is 1.36. The summed E-state index contributed by atoms with van der Waals surface area (Å²) in [7, 11) is 0. The van der Waals surface area contributed by atoms with Gasteiger partial charge in [-0.1, -0.05) is 11.8 Å². The van der Waals surface area contributed by atoms with Crippen LogP contribution in [0.25, 0.3) is 15.9 Å². The molecule has 0 atom stereocenters. The Morgan fingerprint density at radius 2 is 2.09 bits per heavy atom. The molecule has 0 bridgehead atoms. The topological polar surface area (TPSA) is 82.4 Å². The van der Waals surface area contributed by atoms with E-state index in [1.54, 1.807) is 34.4 Å². The molecule has 0 spiro atoms. The molecule has 166 valence electrons. The Morgan fingerprint density at radius 3 is 2.94 bits per heavy atom. The summed E-state index contributed by atoms with van der Waals surface area (Å²) in [5.41, 5.74) is 3.32. The molecular weight excluding hydrogens is 456 g/mol. The van der Waals surface area contributed by atoms with E-state index in [0.717, 1.165) is 40.6 Å². The van der Waals surface area contributed by atoms with Crippen molar-refractivity contribution in [1.29, 1.82) is 0 Å². The van der Waals surface area contributed by atoms with Crippen molar-refractivity contribution in [2.75, 3.05) is 0 Å². The highest BCUT2D eigenvalue weighted by atomic mass is 32.2. The molecule has 1 aliphatic rings. The summed E-state index contributed by atoms with van der Waals surface area (Å²) in [5.74, 6) is 1.13. The lowest BCUT2D eigenvalue weighted by molar-refractivity contribution is 0.476. The van der Waals surface area contributed by atoms with Crippen molar-refractivity contribution in [3.05, 3.63) is 91.0 Å². The van der Waals surface area contributed by atoms with Crippen molar-refractivity contribution in [1.82, 2.24) is 18.9 Å². The number of hydrogen-bond donors (Lipinski definition) is 0. The molecule has 1 aliphatic carbocycles. The largest absolute Gasteiger partial charge is 0.467 e. The maximum atomic E-state index is 13.6. The van der Waals surface area contributed by atoms with Gasteiger partial charge in [-0.3, -0.25) is 18.6 Å². The van der Waals surface area contributed by atoms with E-state index in [0.29, 0.717) is 34.6 Å². The number of pyridine rings is 1. The number of thiophene rings is 1. The second kappa shape index (κ2) is 8.00. The smallest absolute Gasteiger partial charge is 0.263 e. The summed E-state index contributed by atoms with van der Waals surface area (Å²) in [6.45, 7) is 2.28. The van der Waals surface area contributed by atoms with Crippen LogP contribution in [0, 0.1) is 6.92 Å². The van der Waals surface area contributed by atoms with Crippen molar-refractivity contribution in [3.8, 4) is 0 Å². The number of fused-ring (bicyclic) bond motifs is 4. The summed E-state index contributed by atoms with van der Waals surface area (Å²) in [6.07, 6.45) is 6.39. The Morgan fingerprint density at radius 1 is 1.18 bits per heavy atom. The predicted octanol–water partition coefficient (Wildman–Crippen LogP) is 4.20. The zero-order chi connectivity index (χ0) is 22.5. The Labute approximate surface area is 196 Å². The third-order valence-corrected chi connectivity index (χ3v) is 8.10. The van der Waals surface area contributed by atoms with Gasteiger partial charge in [0.1, 0.15) is 16.2 Å². The van der Waals surface area contributed by atoms with Crippen LogP contribution in [0.1, 0.15) is 33.9 Å². The van der Waals surface area contributed by atoms with Gasteiger partial charge in [-0.2, -0.15) is 0 Å². The lowest BCUT2D eigenvalue weighted by atomic mass is 10.2. The van der Waals surface area contributed by atoms with Gasteiger partial charge in [0.25, 0.3) is 11.1 Å². The highest BCUT2D eigenvalue weighted by Gasteiger charge is 2.24. The van der Waals surface area contributed by atoms with Gasteiger partial charge >= 0.3 is 0 Å². The van der Waals surface area contributed by atoms with E-state index >= 15 is 0 Å². The van der Waals surface area contributed by atoms with Crippen molar-refractivity contribution >= 4 is 39.0 Å². The second-order valence-electron chi connectivity index (χ2n) is 8.21. The van der Waals surface area contributed by atoms with Crippen LogP contribution in [-0.2, 0) is 25.1 Å². The molecule has 0 aromatic carbocycles. The van der Waals surface area contributed by atoms with Crippen LogP contribution in [-0.4, -0.2) is 18.9 Å². The molecule has 6 rings (SSSR count). The number of aryl methyl sites for hydroxylation is 3.